The Labute approximate surface area is 80.5 Å². The summed E-state index contributed by atoms with van der Waals surface area (Å²) in [4.78, 5) is 26.0. The van der Waals surface area contributed by atoms with Crippen LogP contribution in [-0.2, 0) is 9.59 Å². The summed E-state index contributed by atoms with van der Waals surface area (Å²) in [5, 5.41) is 0. The van der Waals surface area contributed by atoms with Gasteiger partial charge in [-0.1, -0.05) is 6.07 Å². The first-order chi connectivity index (χ1) is 6.77. The minimum absolute atomic E-state index is 0.156. The minimum Gasteiger partial charge on any atom is -0.289 e. The number of hydrogen-bond donors (Lipinski definition) is 2. The maximum absolute atomic E-state index is 11.1. The Kier molecular flexibility index (Phi) is 2.24. The molecule has 0 bridgehead atoms. The number of aromatic nitrogens is 1. The Bertz CT molecular complexity index is 364. The number of hydrazine groups is 1. The van der Waals surface area contributed by atoms with Crippen LogP contribution in [0.4, 0.5) is 0 Å². The van der Waals surface area contributed by atoms with Crippen LogP contribution < -0.4 is 10.9 Å². The lowest BCUT2D eigenvalue weighted by atomic mass is 10.1. The van der Waals surface area contributed by atoms with E-state index in [1.807, 2.05) is 12.1 Å². The highest BCUT2D eigenvalue weighted by atomic mass is 16.2. The van der Waals surface area contributed by atoms with Gasteiger partial charge in [-0.15, -0.1) is 0 Å². The van der Waals surface area contributed by atoms with Gasteiger partial charge in [0.2, 0.25) is 5.78 Å². The molecule has 2 rings (SSSR count). The zero-order valence-electron chi connectivity index (χ0n) is 7.36. The normalized spacial score (nSPS) is 21.9. The zero-order valence-corrected chi connectivity index (χ0v) is 7.36. The predicted octanol–water partition coefficient (Wildman–Crippen LogP) is -0.284. The Morgan fingerprint density at radius 3 is 2.86 bits per heavy atom. The smallest absolute Gasteiger partial charge is 0.289 e. The SMILES string of the molecule is O=C1CC(c2ccccn2)NNC1=O. The fourth-order valence-electron chi connectivity index (χ4n) is 1.31. The number of hydrogen-bond acceptors (Lipinski definition) is 4. The van der Waals surface area contributed by atoms with Gasteiger partial charge in [-0.25, -0.2) is 5.43 Å². The number of Topliss-reactive ketones (excluding diaryl/α,β-unsaturated/α-hetero) is 1. The van der Waals surface area contributed by atoms with Crippen molar-refractivity contribution < 1.29 is 9.59 Å². The molecule has 1 amide bonds. The van der Waals surface area contributed by atoms with E-state index in [2.05, 4.69) is 15.8 Å². The summed E-state index contributed by atoms with van der Waals surface area (Å²) < 4.78 is 0. The molecule has 0 aliphatic carbocycles. The van der Waals surface area contributed by atoms with Crippen molar-refractivity contribution in [3.05, 3.63) is 30.1 Å². The van der Waals surface area contributed by atoms with Gasteiger partial charge in [-0.2, -0.15) is 0 Å². The molecule has 0 aromatic carbocycles. The number of pyridine rings is 1. The molecule has 1 aromatic rings. The van der Waals surface area contributed by atoms with Gasteiger partial charge in [0.15, 0.2) is 0 Å². The molecule has 1 aliphatic heterocycles. The van der Waals surface area contributed by atoms with Crippen LogP contribution in [0.5, 0.6) is 0 Å². The van der Waals surface area contributed by atoms with Crippen molar-refractivity contribution in [2.24, 2.45) is 0 Å². The molecule has 2 N–H and O–H groups in total. The van der Waals surface area contributed by atoms with Crippen LogP contribution in [0.3, 0.4) is 0 Å². The van der Waals surface area contributed by atoms with Crippen LogP contribution in [0.25, 0.3) is 0 Å². The monoisotopic (exact) mass is 191 g/mol. The highest BCUT2D eigenvalue weighted by molar-refractivity contribution is 6.36. The molecule has 1 aromatic heterocycles. The maximum Gasteiger partial charge on any atom is 0.301 e. The van der Waals surface area contributed by atoms with E-state index >= 15 is 0 Å². The van der Waals surface area contributed by atoms with Crippen LogP contribution in [-0.4, -0.2) is 16.7 Å². The number of ketones is 1. The van der Waals surface area contributed by atoms with Crippen LogP contribution in [0.15, 0.2) is 24.4 Å². The van der Waals surface area contributed by atoms with E-state index in [0.29, 0.717) is 0 Å². The van der Waals surface area contributed by atoms with Crippen molar-refractivity contribution >= 4 is 11.7 Å². The minimum atomic E-state index is -0.586. The quantitative estimate of drug-likeness (QED) is 0.599. The molecule has 1 fully saturated rings. The molecule has 5 nitrogen and oxygen atoms in total. The van der Waals surface area contributed by atoms with Gasteiger partial charge < -0.3 is 0 Å². The van der Waals surface area contributed by atoms with E-state index in [1.165, 1.54) is 0 Å². The lowest BCUT2D eigenvalue weighted by Crippen LogP contribution is -2.49. The van der Waals surface area contributed by atoms with Crippen LogP contribution >= 0.6 is 0 Å². The summed E-state index contributed by atoms with van der Waals surface area (Å²) in [6.07, 6.45) is 1.81. The molecule has 0 spiro atoms. The fraction of sp³-hybridized carbons (Fsp3) is 0.222. The summed E-state index contributed by atoms with van der Waals surface area (Å²) in [6.45, 7) is 0. The number of rotatable bonds is 1. The number of amides is 1. The highest BCUT2D eigenvalue weighted by Crippen LogP contribution is 2.15. The van der Waals surface area contributed by atoms with Crippen molar-refractivity contribution in [2.75, 3.05) is 0 Å². The molecule has 1 atom stereocenters. The third-order valence-electron chi connectivity index (χ3n) is 2.05. The van der Waals surface area contributed by atoms with E-state index in [9.17, 15) is 9.59 Å². The van der Waals surface area contributed by atoms with E-state index in [1.54, 1.807) is 12.3 Å². The number of nitrogens with one attached hydrogen (secondary N) is 2. The van der Waals surface area contributed by atoms with Gasteiger partial charge in [0.1, 0.15) is 0 Å². The lowest BCUT2D eigenvalue weighted by Gasteiger charge is -2.21. The largest absolute Gasteiger partial charge is 0.301 e. The second-order valence-electron chi connectivity index (χ2n) is 3.03. The van der Waals surface area contributed by atoms with Gasteiger partial charge in [0.25, 0.3) is 0 Å². The molecule has 1 unspecified atom stereocenters. The first kappa shape index (κ1) is 8.83. The summed E-state index contributed by atoms with van der Waals surface area (Å²) >= 11 is 0. The van der Waals surface area contributed by atoms with E-state index < -0.39 is 11.7 Å². The zero-order chi connectivity index (χ0) is 9.97. The maximum atomic E-state index is 11.1. The molecule has 0 saturated carbocycles. The van der Waals surface area contributed by atoms with Crippen molar-refractivity contribution in [3.8, 4) is 0 Å². The molecule has 14 heavy (non-hydrogen) atoms. The van der Waals surface area contributed by atoms with Crippen molar-refractivity contribution in [3.63, 3.8) is 0 Å². The average Bonchev–Trinajstić information content (AvgIpc) is 2.23. The Hall–Kier alpha value is -1.75. The summed E-state index contributed by atoms with van der Waals surface area (Å²) in [7, 11) is 0. The third kappa shape index (κ3) is 1.62. The standard InChI is InChI=1S/C9H9N3O2/c13-8-5-7(11-12-9(8)14)6-3-1-2-4-10-6/h1-4,7,11H,5H2,(H,12,14). The number of nitrogens with zero attached hydrogens (tertiary/aromatic N) is 1. The molecule has 5 heteroatoms. The van der Waals surface area contributed by atoms with E-state index in [-0.39, 0.29) is 12.5 Å². The summed E-state index contributed by atoms with van der Waals surface area (Å²) in [5.41, 5.74) is 5.79. The molecule has 2 heterocycles. The topological polar surface area (TPSA) is 71.1 Å². The predicted molar refractivity (Wildman–Crippen MR) is 47.9 cm³/mol. The molecule has 0 radical (unpaired) electrons. The van der Waals surface area contributed by atoms with Gasteiger partial charge in [-0.3, -0.25) is 20.0 Å². The van der Waals surface area contributed by atoms with Gasteiger partial charge in [-0.05, 0) is 12.1 Å². The first-order valence-electron chi connectivity index (χ1n) is 4.27. The lowest BCUT2D eigenvalue weighted by molar-refractivity contribution is -0.141. The Morgan fingerprint density at radius 2 is 2.21 bits per heavy atom. The Balaban J connectivity index is 2.14. The number of carbonyl (C=O) groups excluding carboxylic acids is 2. The highest BCUT2D eigenvalue weighted by Gasteiger charge is 2.27. The molecule has 72 valence electrons. The average molecular weight is 191 g/mol. The van der Waals surface area contributed by atoms with Crippen LogP contribution in [0, 0.1) is 0 Å². The Morgan fingerprint density at radius 1 is 1.36 bits per heavy atom. The van der Waals surface area contributed by atoms with Gasteiger partial charge in [0.05, 0.1) is 11.7 Å². The number of carbonyl (C=O) groups is 2. The van der Waals surface area contributed by atoms with E-state index in [4.69, 9.17) is 0 Å². The molecule has 1 aliphatic rings. The molecular weight excluding hydrogens is 182 g/mol. The van der Waals surface area contributed by atoms with Crippen molar-refractivity contribution in [2.45, 2.75) is 12.5 Å². The second kappa shape index (κ2) is 3.55. The molecule has 1 saturated heterocycles. The summed E-state index contributed by atoms with van der Waals surface area (Å²) in [5.74, 6) is -1.00. The second-order valence-corrected chi connectivity index (χ2v) is 3.03. The summed E-state index contributed by atoms with van der Waals surface area (Å²) in [6, 6.07) is 5.22. The van der Waals surface area contributed by atoms with Crippen molar-refractivity contribution in [1.82, 2.24) is 15.8 Å². The van der Waals surface area contributed by atoms with Gasteiger partial charge in [0, 0.05) is 12.6 Å². The van der Waals surface area contributed by atoms with E-state index in [0.717, 1.165) is 5.69 Å². The van der Waals surface area contributed by atoms with Crippen LogP contribution in [0.1, 0.15) is 18.2 Å². The fourth-order valence-corrected chi connectivity index (χ4v) is 1.31. The molecular formula is C9H9N3O2. The van der Waals surface area contributed by atoms with Crippen molar-refractivity contribution in [1.29, 1.82) is 0 Å². The van der Waals surface area contributed by atoms with Gasteiger partial charge >= 0.3 is 5.91 Å². The van der Waals surface area contributed by atoms with Crippen LogP contribution in [0.2, 0.25) is 0 Å². The third-order valence-corrected chi connectivity index (χ3v) is 2.05. The first-order valence-corrected chi connectivity index (χ1v) is 4.27.